The molecule has 0 heterocycles. The molecule has 0 saturated heterocycles. The summed E-state index contributed by atoms with van der Waals surface area (Å²) in [5.74, 6) is -1.23. The number of carbonyl (C=O) groups excluding carboxylic acids is 1. The average molecular weight is 270 g/mol. The molecule has 0 radical (unpaired) electrons. The third-order valence-electron chi connectivity index (χ3n) is 4.45. The third kappa shape index (κ3) is 3.69. The molecule has 19 heavy (non-hydrogen) atoms. The highest BCUT2D eigenvalue weighted by Crippen LogP contribution is 2.35. The highest BCUT2D eigenvalue weighted by Gasteiger charge is 2.40. The summed E-state index contributed by atoms with van der Waals surface area (Å²) in [6.07, 6.45) is 5.36. The van der Waals surface area contributed by atoms with E-state index in [0.717, 1.165) is 32.1 Å². The Morgan fingerprint density at radius 3 is 2.32 bits per heavy atom. The summed E-state index contributed by atoms with van der Waals surface area (Å²) in [7, 11) is 0. The van der Waals surface area contributed by atoms with Crippen LogP contribution in [0.3, 0.4) is 0 Å². The number of hydrogen-bond acceptors (Lipinski definition) is 3. The Balaban J connectivity index is 2.77. The van der Waals surface area contributed by atoms with Crippen molar-refractivity contribution in [3.8, 4) is 0 Å². The molecule has 2 unspecified atom stereocenters. The van der Waals surface area contributed by atoms with Gasteiger partial charge in [0.25, 0.3) is 0 Å². The lowest BCUT2D eigenvalue weighted by atomic mass is 9.73. The molecule has 2 atom stereocenters. The monoisotopic (exact) mass is 270 g/mol. The van der Waals surface area contributed by atoms with Crippen molar-refractivity contribution in [2.45, 2.75) is 58.4 Å². The highest BCUT2D eigenvalue weighted by molar-refractivity contribution is 5.87. The lowest BCUT2D eigenvalue weighted by Crippen LogP contribution is -2.53. The van der Waals surface area contributed by atoms with Crippen LogP contribution in [0.2, 0.25) is 0 Å². The maximum Gasteiger partial charge on any atom is 0.326 e. The van der Waals surface area contributed by atoms with E-state index in [1.165, 1.54) is 0 Å². The first-order valence-electron chi connectivity index (χ1n) is 7.20. The second-order valence-corrected chi connectivity index (χ2v) is 5.72. The first-order chi connectivity index (χ1) is 8.96. The van der Waals surface area contributed by atoms with E-state index >= 15 is 0 Å². The minimum absolute atomic E-state index is 0.0835. The van der Waals surface area contributed by atoms with Crippen molar-refractivity contribution < 1.29 is 14.7 Å². The molecule has 0 aromatic rings. The first kappa shape index (κ1) is 16.0. The van der Waals surface area contributed by atoms with Crippen LogP contribution in [-0.2, 0) is 9.59 Å². The average Bonchev–Trinajstić information content (AvgIpc) is 2.43. The molecule has 1 aliphatic carbocycles. The van der Waals surface area contributed by atoms with Crippen LogP contribution in [0, 0.1) is 11.3 Å². The van der Waals surface area contributed by atoms with Crippen molar-refractivity contribution in [3.05, 3.63) is 0 Å². The van der Waals surface area contributed by atoms with Crippen LogP contribution in [0.5, 0.6) is 0 Å². The topological polar surface area (TPSA) is 92.4 Å². The Morgan fingerprint density at radius 2 is 1.89 bits per heavy atom. The smallest absolute Gasteiger partial charge is 0.326 e. The number of carbonyl (C=O) groups is 2. The maximum absolute atomic E-state index is 12.4. The quantitative estimate of drug-likeness (QED) is 0.682. The van der Waals surface area contributed by atoms with E-state index in [-0.39, 0.29) is 11.8 Å². The molecule has 1 amide bonds. The van der Waals surface area contributed by atoms with E-state index in [1.807, 2.05) is 13.8 Å². The molecule has 0 spiro atoms. The molecule has 5 nitrogen and oxygen atoms in total. The number of nitrogens with one attached hydrogen (secondary N) is 1. The maximum atomic E-state index is 12.4. The third-order valence-corrected chi connectivity index (χ3v) is 4.45. The summed E-state index contributed by atoms with van der Waals surface area (Å²) in [5.41, 5.74) is 5.24. The van der Waals surface area contributed by atoms with Crippen LogP contribution in [0.4, 0.5) is 0 Å². The second kappa shape index (κ2) is 6.89. The van der Waals surface area contributed by atoms with Gasteiger partial charge in [0.05, 0.1) is 5.41 Å². The van der Waals surface area contributed by atoms with Gasteiger partial charge in [0, 0.05) is 6.54 Å². The van der Waals surface area contributed by atoms with Gasteiger partial charge in [0.1, 0.15) is 6.04 Å². The molecule has 0 aromatic heterocycles. The zero-order valence-electron chi connectivity index (χ0n) is 11.9. The SMILES string of the molecule is CCC(C)C(NC(=O)C1(CN)CCCCC1)C(=O)O. The van der Waals surface area contributed by atoms with E-state index < -0.39 is 17.4 Å². The van der Waals surface area contributed by atoms with Gasteiger partial charge < -0.3 is 16.2 Å². The number of hydrogen-bond donors (Lipinski definition) is 3. The molecule has 0 aliphatic heterocycles. The van der Waals surface area contributed by atoms with Crippen LogP contribution < -0.4 is 11.1 Å². The number of aliphatic carboxylic acids is 1. The van der Waals surface area contributed by atoms with Gasteiger partial charge in [-0.3, -0.25) is 4.79 Å². The molecule has 1 rings (SSSR count). The van der Waals surface area contributed by atoms with Crippen molar-refractivity contribution in [3.63, 3.8) is 0 Å². The fourth-order valence-corrected chi connectivity index (χ4v) is 2.73. The van der Waals surface area contributed by atoms with Gasteiger partial charge in [-0.25, -0.2) is 4.79 Å². The van der Waals surface area contributed by atoms with Gasteiger partial charge in [0.2, 0.25) is 5.91 Å². The van der Waals surface area contributed by atoms with Crippen molar-refractivity contribution in [2.75, 3.05) is 6.54 Å². The van der Waals surface area contributed by atoms with Gasteiger partial charge in [0.15, 0.2) is 0 Å². The van der Waals surface area contributed by atoms with Gasteiger partial charge in [-0.15, -0.1) is 0 Å². The number of nitrogens with two attached hydrogens (primary N) is 1. The van der Waals surface area contributed by atoms with Gasteiger partial charge in [-0.2, -0.15) is 0 Å². The van der Waals surface area contributed by atoms with Crippen molar-refractivity contribution in [2.24, 2.45) is 17.1 Å². The van der Waals surface area contributed by atoms with Crippen molar-refractivity contribution in [1.82, 2.24) is 5.32 Å². The predicted octanol–water partition coefficient (Wildman–Crippen LogP) is 1.51. The van der Waals surface area contributed by atoms with Crippen molar-refractivity contribution in [1.29, 1.82) is 0 Å². The second-order valence-electron chi connectivity index (χ2n) is 5.72. The van der Waals surface area contributed by atoms with Gasteiger partial charge in [-0.1, -0.05) is 39.5 Å². The molecular formula is C14H26N2O3. The Kier molecular flexibility index (Phi) is 5.79. The number of carboxylic acid groups (broad SMARTS) is 1. The molecule has 1 saturated carbocycles. The van der Waals surface area contributed by atoms with E-state index in [1.54, 1.807) is 0 Å². The van der Waals surface area contributed by atoms with E-state index in [9.17, 15) is 14.7 Å². The van der Waals surface area contributed by atoms with E-state index in [2.05, 4.69) is 5.32 Å². The number of amides is 1. The zero-order chi connectivity index (χ0) is 14.5. The fourth-order valence-electron chi connectivity index (χ4n) is 2.73. The van der Waals surface area contributed by atoms with Crippen LogP contribution in [-0.4, -0.2) is 29.6 Å². The predicted molar refractivity (Wildman–Crippen MR) is 73.6 cm³/mol. The zero-order valence-corrected chi connectivity index (χ0v) is 11.9. The lowest BCUT2D eigenvalue weighted by Gasteiger charge is -2.36. The molecule has 1 fully saturated rings. The summed E-state index contributed by atoms with van der Waals surface area (Å²) < 4.78 is 0. The fraction of sp³-hybridized carbons (Fsp3) is 0.857. The summed E-state index contributed by atoms with van der Waals surface area (Å²) in [6, 6.07) is -0.817. The Morgan fingerprint density at radius 1 is 1.32 bits per heavy atom. The summed E-state index contributed by atoms with van der Waals surface area (Å²) in [4.78, 5) is 23.7. The molecule has 110 valence electrons. The molecule has 0 aromatic carbocycles. The first-order valence-corrected chi connectivity index (χ1v) is 7.20. The number of rotatable bonds is 6. The minimum atomic E-state index is -0.967. The normalized spacial score (nSPS) is 21.4. The van der Waals surface area contributed by atoms with Crippen LogP contribution in [0.15, 0.2) is 0 Å². The molecule has 4 N–H and O–H groups in total. The standard InChI is InChI=1S/C14H26N2O3/c1-3-10(2)11(12(17)18)16-13(19)14(9-15)7-5-4-6-8-14/h10-11H,3-9,15H2,1-2H3,(H,16,19)(H,17,18). The van der Waals surface area contributed by atoms with Crippen LogP contribution >= 0.6 is 0 Å². The highest BCUT2D eigenvalue weighted by atomic mass is 16.4. The Labute approximate surface area is 114 Å². The Bertz CT molecular complexity index is 325. The van der Waals surface area contributed by atoms with Crippen LogP contribution in [0.25, 0.3) is 0 Å². The molecule has 5 heteroatoms. The summed E-state index contributed by atoms with van der Waals surface area (Å²) >= 11 is 0. The minimum Gasteiger partial charge on any atom is -0.480 e. The summed E-state index contributed by atoms with van der Waals surface area (Å²) in [6.45, 7) is 4.06. The van der Waals surface area contributed by atoms with Gasteiger partial charge in [-0.05, 0) is 18.8 Å². The lowest BCUT2D eigenvalue weighted by molar-refractivity contribution is -0.146. The van der Waals surface area contributed by atoms with E-state index in [0.29, 0.717) is 13.0 Å². The Hall–Kier alpha value is -1.10. The molecular weight excluding hydrogens is 244 g/mol. The van der Waals surface area contributed by atoms with Gasteiger partial charge >= 0.3 is 5.97 Å². The largest absolute Gasteiger partial charge is 0.480 e. The molecule has 1 aliphatic rings. The molecule has 0 bridgehead atoms. The summed E-state index contributed by atoms with van der Waals surface area (Å²) in [5, 5.41) is 11.9. The van der Waals surface area contributed by atoms with Crippen LogP contribution in [0.1, 0.15) is 52.4 Å². The number of carboxylic acids is 1. The van der Waals surface area contributed by atoms with E-state index in [4.69, 9.17) is 5.73 Å². The van der Waals surface area contributed by atoms with Crippen molar-refractivity contribution >= 4 is 11.9 Å².